The molecular formula is C22H22N4O3. The number of nitrogens with one attached hydrogen (secondary N) is 3. The molecule has 0 atom stereocenters. The molecule has 3 rings (SSSR count). The maximum atomic E-state index is 12.6. The number of hydrogen-bond donors (Lipinski definition) is 4. The summed E-state index contributed by atoms with van der Waals surface area (Å²) in [4.78, 5) is 25.1. The number of benzene rings is 2. The molecule has 0 saturated heterocycles. The van der Waals surface area contributed by atoms with Crippen LogP contribution in [0, 0.1) is 5.41 Å². The maximum absolute atomic E-state index is 12.6. The summed E-state index contributed by atoms with van der Waals surface area (Å²) in [5, 5.41) is 13.1. The average Bonchev–Trinajstić information content (AvgIpc) is 2.75. The second-order valence-electron chi connectivity index (χ2n) is 6.48. The van der Waals surface area contributed by atoms with Gasteiger partial charge in [0.15, 0.2) is 0 Å². The van der Waals surface area contributed by atoms with E-state index < -0.39 is 0 Å². The summed E-state index contributed by atoms with van der Waals surface area (Å²) in [6.07, 6.45) is 4.41. The van der Waals surface area contributed by atoms with Gasteiger partial charge in [-0.25, -0.2) is 0 Å². The van der Waals surface area contributed by atoms with Gasteiger partial charge in [0.05, 0.1) is 18.5 Å². The number of para-hydroxylation sites is 2. The van der Waals surface area contributed by atoms with Gasteiger partial charge in [0.25, 0.3) is 11.8 Å². The van der Waals surface area contributed by atoms with Gasteiger partial charge >= 0.3 is 0 Å². The molecule has 0 radical (unpaired) electrons. The van der Waals surface area contributed by atoms with Crippen molar-refractivity contribution < 1.29 is 14.3 Å². The Morgan fingerprint density at radius 3 is 1.97 bits per heavy atom. The Kier molecular flexibility index (Phi) is 6.09. The van der Waals surface area contributed by atoms with Crippen LogP contribution < -0.4 is 21.1 Å². The summed E-state index contributed by atoms with van der Waals surface area (Å²) in [6, 6.07) is 13.8. The Hall–Kier alpha value is -3.87. The van der Waals surface area contributed by atoms with Gasteiger partial charge < -0.3 is 21.1 Å². The normalized spacial score (nSPS) is 13.0. The molecule has 0 aromatic heterocycles. The van der Waals surface area contributed by atoms with Gasteiger partial charge in [0.1, 0.15) is 11.6 Å². The van der Waals surface area contributed by atoms with Crippen molar-refractivity contribution in [2.45, 2.75) is 12.8 Å². The molecular weight excluding hydrogens is 368 g/mol. The molecule has 0 unspecified atom stereocenters. The maximum Gasteiger partial charge on any atom is 0.255 e. The van der Waals surface area contributed by atoms with Gasteiger partial charge in [-0.3, -0.25) is 15.0 Å². The highest BCUT2D eigenvalue weighted by atomic mass is 16.5. The van der Waals surface area contributed by atoms with Crippen LogP contribution in [-0.2, 0) is 4.79 Å². The topological polar surface area (TPSA) is 117 Å². The zero-order valence-electron chi connectivity index (χ0n) is 16.0. The molecule has 1 aliphatic rings. The van der Waals surface area contributed by atoms with Crippen molar-refractivity contribution in [3.63, 3.8) is 0 Å². The lowest BCUT2D eigenvalue weighted by molar-refractivity contribution is -0.113. The van der Waals surface area contributed by atoms with E-state index in [9.17, 15) is 9.59 Å². The fraction of sp³-hybridized carbons (Fsp3) is 0.136. The smallest absolute Gasteiger partial charge is 0.255 e. The van der Waals surface area contributed by atoms with Crippen LogP contribution in [0.3, 0.4) is 0 Å². The van der Waals surface area contributed by atoms with E-state index in [4.69, 9.17) is 15.9 Å². The second kappa shape index (κ2) is 8.88. The predicted octanol–water partition coefficient (Wildman–Crippen LogP) is 3.47. The van der Waals surface area contributed by atoms with Crippen LogP contribution in [0.1, 0.15) is 23.2 Å². The van der Waals surface area contributed by atoms with E-state index in [-0.39, 0.29) is 17.6 Å². The summed E-state index contributed by atoms with van der Waals surface area (Å²) in [7, 11) is 1.56. The van der Waals surface area contributed by atoms with E-state index in [2.05, 4.69) is 10.6 Å². The molecule has 2 aromatic carbocycles. The summed E-state index contributed by atoms with van der Waals surface area (Å²) in [5.41, 5.74) is 8.26. The number of rotatable bonds is 6. The lowest BCUT2D eigenvalue weighted by Crippen LogP contribution is -2.20. The van der Waals surface area contributed by atoms with E-state index in [0.29, 0.717) is 46.7 Å². The van der Waals surface area contributed by atoms with Crippen LogP contribution in [0.15, 0.2) is 71.8 Å². The van der Waals surface area contributed by atoms with Gasteiger partial charge in [-0.2, -0.15) is 0 Å². The molecule has 148 valence electrons. The minimum absolute atomic E-state index is 0.0206. The summed E-state index contributed by atoms with van der Waals surface area (Å²) < 4.78 is 5.10. The van der Waals surface area contributed by atoms with E-state index >= 15 is 0 Å². The van der Waals surface area contributed by atoms with E-state index in [1.165, 1.54) is 0 Å². The van der Waals surface area contributed by atoms with Gasteiger partial charge in [-0.1, -0.05) is 24.3 Å². The number of methoxy groups -OCH3 is 1. The van der Waals surface area contributed by atoms with Crippen LogP contribution in [-0.4, -0.2) is 24.8 Å². The zero-order valence-corrected chi connectivity index (χ0v) is 16.0. The Morgan fingerprint density at radius 1 is 0.897 bits per heavy atom. The molecule has 0 saturated carbocycles. The summed E-state index contributed by atoms with van der Waals surface area (Å²) in [5.74, 6) is 0.138. The Balaban J connectivity index is 1.72. The van der Waals surface area contributed by atoms with Gasteiger partial charge in [-0.05, 0) is 54.8 Å². The fourth-order valence-electron chi connectivity index (χ4n) is 2.89. The number of anilines is 2. The van der Waals surface area contributed by atoms with Crippen molar-refractivity contribution in [1.82, 2.24) is 0 Å². The second-order valence-corrected chi connectivity index (χ2v) is 6.48. The number of ether oxygens (including phenoxy) is 1. The van der Waals surface area contributed by atoms with Crippen molar-refractivity contribution in [2.24, 2.45) is 5.73 Å². The first-order chi connectivity index (χ1) is 14.0. The third-order valence-corrected chi connectivity index (χ3v) is 4.56. The van der Waals surface area contributed by atoms with Crippen LogP contribution in [0.25, 0.3) is 0 Å². The molecule has 0 aliphatic heterocycles. The molecule has 5 N–H and O–H groups in total. The lowest BCUT2D eigenvalue weighted by Gasteiger charge is -2.16. The van der Waals surface area contributed by atoms with Crippen molar-refractivity contribution in [2.75, 3.05) is 17.7 Å². The van der Waals surface area contributed by atoms with Crippen molar-refractivity contribution in [3.05, 3.63) is 77.4 Å². The Labute approximate surface area is 168 Å². The molecule has 2 amide bonds. The van der Waals surface area contributed by atoms with Gasteiger partial charge in [-0.15, -0.1) is 0 Å². The van der Waals surface area contributed by atoms with Crippen LogP contribution in [0.4, 0.5) is 11.4 Å². The summed E-state index contributed by atoms with van der Waals surface area (Å²) >= 11 is 0. The van der Waals surface area contributed by atoms with E-state index in [1.807, 2.05) is 0 Å². The Morgan fingerprint density at radius 2 is 1.45 bits per heavy atom. The molecule has 7 nitrogen and oxygen atoms in total. The molecule has 0 fully saturated rings. The molecule has 29 heavy (non-hydrogen) atoms. The van der Waals surface area contributed by atoms with Gasteiger partial charge in [0, 0.05) is 11.1 Å². The van der Waals surface area contributed by atoms with Crippen LogP contribution in [0.2, 0.25) is 0 Å². The molecule has 0 spiro atoms. The molecule has 1 aliphatic carbocycles. The minimum Gasteiger partial charge on any atom is -0.497 e. The van der Waals surface area contributed by atoms with Crippen molar-refractivity contribution in [3.8, 4) is 5.75 Å². The quantitative estimate of drug-likeness (QED) is 0.446. The number of allylic oxidation sites excluding steroid dienone is 2. The SMILES string of the molecule is COc1ccc(C(=O)Nc2ccccc2NC(=O)C2=CC=C(C(=N)N)CC2)cc1. The first kappa shape index (κ1) is 19.9. The van der Waals surface area contributed by atoms with E-state index in [1.54, 1.807) is 67.8 Å². The number of nitrogens with two attached hydrogens (primary N) is 1. The monoisotopic (exact) mass is 390 g/mol. The fourth-order valence-corrected chi connectivity index (χ4v) is 2.89. The zero-order chi connectivity index (χ0) is 20.8. The van der Waals surface area contributed by atoms with Crippen LogP contribution in [0.5, 0.6) is 5.75 Å². The third-order valence-electron chi connectivity index (χ3n) is 4.56. The minimum atomic E-state index is -0.291. The largest absolute Gasteiger partial charge is 0.497 e. The Bertz CT molecular complexity index is 1010. The molecule has 7 heteroatoms. The third kappa shape index (κ3) is 4.90. The number of carbonyl (C=O) groups is 2. The molecule has 2 aromatic rings. The molecule has 0 heterocycles. The standard InChI is InChI=1S/C22H22N4O3/c1-29-17-12-10-16(11-13-17)22(28)26-19-5-3-2-4-18(19)25-21(27)15-8-6-14(7-9-15)20(23)24/h2-6,8,10-13H,7,9H2,1H3,(H3,23,24)(H,25,27)(H,26,28). The first-order valence-corrected chi connectivity index (χ1v) is 9.08. The first-order valence-electron chi connectivity index (χ1n) is 9.08. The van der Waals surface area contributed by atoms with E-state index in [0.717, 1.165) is 0 Å². The number of hydrogen-bond acceptors (Lipinski definition) is 4. The highest BCUT2D eigenvalue weighted by Crippen LogP contribution is 2.25. The van der Waals surface area contributed by atoms with Crippen molar-refractivity contribution >= 4 is 29.0 Å². The predicted molar refractivity (Wildman–Crippen MR) is 113 cm³/mol. The summed E-state index contributed by atoms with van der Waals surface area (Å²) in [6.45, 7) is 0. The average molecular weight is 390 g/mol. The number of amides is 2. The highest BCUT2D eigenvalue weighted by Gasteiger charge is 2.17. The molecule has 0 bridgehead atoms. The number of amidine groups is 1. The highest BCUT2D eigenvalue weighted by molar-refractivity contribution is 6.10. The van der Waals surface area contributed by atoms with Crippen molar-refractivity contribution in [1.29, 1.82) is 5.41 Å². The van der Waals surface area contributed by atoms with Crippen LogP contribution >= 0.6 is 0 Å². The number of carbonyl (C=O) groups excluding carboxylic acids is 2. The van der Waals surface area contributed by atoms with Gasteiger partial charge in [0.2, 0.25) is 0 Å². The lowest BCUT2D eigenvalue weighted by atomic mass is 9.97.